The maximum Gasteiger partial charge on any atom is 0.504 e. The zero-order valence-electron chi connectivity index (χ0n) is 14.7. The lowest BCUT2D eigenvalue weighted by Gasteiger charge is -2.19. The van der Waals surface area contributed by atoms with Gasteiger partial charge in [0.2, 0.25) is 0 Å². The fourth-order valence-corrected chi connectivity index (χ4v) is 3.14. The average molecular weight is 341 g/mol. The van der Waals surface area contributed by atoms with Crippen LogP contribution in [0.5, 0.6) is 0 Å². The summed E-state index contributed by atoms with van der Waals surface area (Å²) in [7, 11) is 0.766. The monoisotopic (exact) mass is 341 g/mol. The molecule has 1 amide bonds. The number of carbonyl (C=O) groups is 1. The molecule has 1 radical (unpaired) electrons. The third-order valence-electron chi connectivity index (χ3n) is 4.69. The molecule has 2 aliphatic rings. The Morgan fingerprint density at radius 1 is 1.60 bits per heavy atom. The minimum Gasteiger partial charge on any atom is -0.430 e. The minimum absolute atomic E-state index is 0.00358. The lowest BCUT2D eigenvalue weighted by atomic mass is 9.77. The van der Waals surface area contributed by atoms with Gasteiger partial charge in [-0.25, -0.2) is 5.06 Å². The van der Waals surface area contributed by atoms with Gasteiger partial charge in [0.1, 0.15) is 0 Å². The Morgan fingerprint density at radius 2 is 2.44 bits per heavy atom. The molecule has 1 aromatic carbocycles. The van der Waals surface area contributed by atoms with Crippen molar-refractivity contribution in [3.63, 3.8) is 0 Å². The molecular formula is C17H23B2N2O4. The van der Waals surface area contributed by atoms with E-state index in [4.69, 9.17) is 9.41 Å². The van der Waals surface area contributed by atoms with Crippen LogP contribution in [0, 0.1) is 0 Å². The van der Waals surface area contributed by atoms with Crippen LogP contribution in [-0.2, 0) is 16.0 Å². The van der Waals surface area contributed by atoms with Crippen LogP contribution in [0.15, 0.2) is 29.7 Å². The molecule has 0 spiro atoms. The van der Waals surface area contributed by atoms with Crippen molar-refractivity contribution >= 4 is 26.0 Å². The van der Waals surface area contributed by atoms with Crippen LogP contribution < -0.4 is 10.8 Å². The summed E-state index contributed by atoms with van der Waals surface area (Å²) in [5, 5.41) is 14.8. The second kappa shape index (κ2) is 8.19. The summed E-state index contributed by atoms with van der Waals surface area (Å²) >= 11 is 0. The predicted molar refractivity (Wildman–Crippen MR) is 97.2 cm³/mol. The molecule has 6 nitrogen and oxygen atoms in total. The average Bonchev–Trinajstić information content (AvgIpc) is 3.24. The van der Waals surface area contributed by atoms with Gasteiger partial charge < -0.3 is 19.8 Å². The van der Waals surface area contributed by atoms with Gasteiger partial charge in [0.05, 0.1) is 6.61 Å². The summed E-state index contributed by atoms with van der Waals surface area (Å²) in [5.41, 5.74) is 3.54. The van der Waals surface area contributed by atoms with Crippen molar-refractivity contribution in [1.82, 2.24) is 10.4 Å². The molecule has 1 aromatic rings. The fraction of sp³-hybridized carbons (Fsp3) is 0.471. The molecule has 2 heterocycles. The maximum absolute atomic E-state index is 12.4. The number of amides is 1. The molecule has 8 heteroatoms. The number of hydroxylamine groups is 2. The summed E-state index contributed by atoms with van der Waals surface area (Å²) in [6, 6.07) is 5.61. The summed E-state index contributed by atoms with van der Waals surface area (Å²) in [5.74, 6) is -0.0989. The van der Waals surface area contributed by atoms with E-state index in [0.29, 0.717) is 25.3 Å². The molecule has 1 saturated heterocycles. The summed E-state index contributed by atoms with van der Waals surface area (Å²) in [6.07, 6.45) is 3.40. The highest BCUT2D eigenvalue weighted by molar-refractivity contribution is 6.52. The predicted octanol–water partition coefficient (Wildman–Crippen LogP) is 0.573. The third-order valence-corrected chi connectivity index (χ3v) is 4.69. The first-order valence-corrected chi connectivity index (χ1v) is 8.74. The summed E-state index contributed by atoms with van der Waals surface area (Å²) in [6.45, 7) is 5.67. The van der Waals surface area contributed by atoms with Crippen molar-refractivity contribution in [2.24, 2.45) is 0 Å². The molecule has 0 saturated carbocycles. The number of hydrogen-bond acceptors (Lipinski definition) is 5. The third kappa shape index (κ3) is 4.33. The van der Waals surface area contributed by atoms with E-state index in [0.717, 1.165) is 29.3 Å². The Labute approximate surface area is 149 Å². The van der Waals surface area contributed by atoms with E-state index in [1.807, 2.05) is 38.1 Å². The van der Waals surface area contributed by atoms with Gasteiger partial charge in [-0.05, 0) is 42.3 Å². The molecule has 1 fully saturated rings. The van der Waals surface area contributed by atoms with Gasteiger partial charge in [0, 0.05) is 24.7 Å². The van der Waals surface area contributed by atoms with Gasteiger partial charge >= 0.3 is 14.6 Å². The number of carbonyl (C=O) groups excluding carboxylic acids is 1. The number of fused-ring (bicyclic) bond motifs is 1. The Bertz CT molecular complexity index is 668. The van der Waals surface area contributed by atoms with Gasteiger partial charge in [-0.2, -0.15) is 0 Å². The maximum atomic E-state index is 12.4. The van der Waals surface area contributed by atoms with Gasteiger partial charge in [0.25, 0.3) is 5.91 Å². The fourth-order valence-electron chi connectivity index (χ4n) is 3.14. The number of rotatable bonds is 6. The van der Waals surface area contributed by atoms with E-state index >= 15 is 0 Å². The van der Waals surface area contributed by atoms with Crippen molar-refractivity contribution in [1.29, 1.82) is 0 Å². The molecule has 0 aromatic heterocycles. The normalized spacial score (nSPS) is 20.3. The van der Waals surface area contributed by atoms with E-state index in [1.54, 1.807) is 12.5 Å². The number of hydrogen-bond donors (Lipinski definition) is 2. The van der Waals surface area contributed by atoms with E-state index in [2.05, 4.69) is 5.32 Å². The zero-order chi connectivity index (χ0) is 17.8. The van der Waals surface area contributed by atoms with Crippen LogP contribution >= 0.6 is 0 Å². The highest BCUT2D eigenvalue weighted by Crippen LogP contribution is 2.15. The molecule has 0 aliphatic carbocycles. The van der Waals surface area contributed by atoms with Crippen LogP contribution in [-0.4, -0.2) is 49.7 Å². The number of allylic oxidation sites excluding steroid dienone is 2. The van der Waals surface area contributed by atoms with E-state index < -0.39 is 7.12 Å². The van der Waals surface area contributed by atoms with Crippen molar-refractivity contribution in [3.8, 4) is 0 Å². The summed E-state index contributed by atoms with van der Waals surface area (Å²) < 4.78 is 10.8. The van der Waals surface area contributed by atoms with Gasteiger partial charge in [-0.15, -0.1) is 0 Å². The van der Waals surface area contributed by atoms with Gasteiger partial charge in [0.15, 0.2) is 0 Å². The minimum atomic E-state index is -0.920. The Kier molecular flexibility index (Phi) is 5.96. The van der Waals surface area contributed by atoms with Crippen molar-refractivity contribution in [3.05, 3.63) is 40.9 Å². The number of benzene rings is 1. The van der Waals surface area contributed by atoms with E-state index in [-0.39, 0.29) is 11.9 Å². The van der Waals surface area contributed by atoms with Crippen molar-refractivity contribution in [2.75, 3.05) is 13.1 Å². The smallest absolute Gasteiger partial charge is 0.430 e. The Morgan fingerprint density at radius 3 is 3.20 bits per heavy atom. The SMILES string of the molecule is C/C=C(\CC)B(O)ON1CCC(NC(=O)c2ccc3c(c2)[B]OC3)C1. The highest BCUT2D eigenvalue weighted by atomic mass is 16.7. The topological polar surface area (TPSA) is 71.0 Å². The molecule has 2 N–H and O–H groups in total. The van der Waals surface area contributed by atoms with E-state index in [9.17, 15) is 9.82 Å². The standard InChI is InChI=1S/C17H23B2N2O4/c1-3-14(4-2)19(23)25-21-8-7-15(10-21)20-17(22)12-5-6-13-11-24-18-16(13)9-12/h3,5-6,9,15,23H,4,7-8,10-11H2,1-2H3,(H,20,22)/b14-3+. The lowest BCUT2D eigenvalue weighted by Crippen LogP contribution is -2.39. The Hall–Kier alpha value is -1.60. The first-order valence-electron chi connectivity index (χ1n) is 8.74. The molecule has 131 valence electrons. The highest BCUT2D eigenvalue weighted by Gasteiger charge is 2.29. The Balaban J connectivity index is 1.52. The van der Waals surface area contributed by atoms with Gasteiger partial charge in [-0.1, -0.05) is 25.1 Å². The van der Waals surface area contributed by atoms with Crippen LogP contribution in [0.4, 0.5) is 0 Å². The van der Waals surface area contributed by atoms with Gasteiger partial charge in [-0.3, -0.25) is 4.79 Å². The molecular weight excluding hydrogens is 318 g/mol. The quantitative estimate of drug-likeness (QED) is 0.741. The van der Waals surface area contributed by atoms with Crippen molar-refractivity contribution < 1.29 is 19.2 Å². The largest absolute Gasteiger partial charge is 0.504 e. The molecule has 1 atom stereocenters. The zero-order valence-corrected chi connectivity index (χ0v) is 14.7. The number of nitrogens with one attached hydrogen (secondary N) is 1. The van der Waals surface area contributed by atoms with Crippen LogP contribution in [0.1, 0.15) is 42.6 Å². The molecule has 25 heavy (non-hydrogen) atoms. The lowest BCUT2D eigenvalue weighted by molar-refractivity contribution is -0.0547. The molecule has 0 bridgehead atoms. The van der Waals surface area contributed by atoms with E-state index in [1.165, 1.54) is 0 Å². The van der Waals surface area contributed by atoms with Crippen LogP contribution in [0.25, 0.3) is 0 Å². The second-order valence-electron chi connectivity index (χ2n) is 6.36. The second-order valence-corrected chi connectivity index (χ2v) is 6.36. The van der Waals surface area contributed by atoms with Crippen molar-refractivity contribution in [2.45, 2.75) is 39.3 Å². The first kappa shape index (κ1) is 18.2. The number of nitrogens with zero attached hydrogens (tertiary/aromatic N) is 1. The van der Waals surface area contributed by atoms with Crippen LogP contribution in [0.3, 0.4) is 0 Å². The molecule has 2 aliphatic heterocycles. The first-order chi connectivity index (χ1) is 12.1. The molecule has 1 unspecified atom stereocenters. The molecule has 3 rings (SSSR count). The summed E-state index contributed by atoms with van der Waals surface area (Å²) in [4.78, 5) is 12.4. The van der Waals surface area contributed by atoms with Crippen LogP contribution in [0.2, 0.25) is 0 Å².